The van der Waals surface area contributed by atoms with E-state index in [9.17, 15) is 22.8 Å². The molecule has 0 radical (unpaired) electrons. The van der Waals surface area contributed by atoms with Crippen molar-refractivity contribution in [3.8, 4) is 11.5 Å². The molecule has 0 bridgehead atoms. The van der Waals surface area contributed by atoms with Crippen LogP contribution >= 0.6 is 11.3 Å². The fourth-order valence-electron chi connectivity index (χ4n) is 5.69. The molecule has 2 saturated heterocycles. The van der Waals surface area contributed by atoms with Crippen molar-refractivity contribution < 1.29 is 27.9 Å². The molecular formula is C27H29F3N8O3S. The van der Waals surface area contributed by atoms with Crippen LogP contribution < -0.4 is 4.90 Å². The van der Waals surface area contributed by atoms with Crippen LogP contribution in [-0.4, -0.2) is 90.4 Å². The zero-order valence-electron chi connectivity index (χ0n) is 22.7. The molecule has 2 aliphatic rings. The number of para-hydroxylation sites is 2. The second-order valence-corrected chi connectivity index (χ2v) is 11.6. The number of hydrogen-bond donors (Lipinski definition) is 2. The Balaban J connectivity index is 1.14. The molecule has 1 atom stereocenters. The predicted octanol–water partition coefficient (Wildman–Crippen LogP) is 4.50. The number of imidazole rings is 1. The van der Waals surface area contributed by atoms with Crippen molar-refractivity contribution >= 4 is 39.4 Å². The van der Waals surface area contributed by atoms with Gasteiger partial charge in [-0.1, -0.05) is 23.5 Å². The Morgan fingerprint density at radius 2 is 1.88 bits per heavy atom. The van der Waals surface area contributed by atoms with Gasteiger partial charge in [-0.25, -0.2) is 14.8 Å². The normalized spacial score (nSPS) is 18.7. The highest BCUT2D eigenvalue weighted by molar-refractivity contribution is 7.16. The first kappa shape index (κ1) is 28.0. The minimum Gasteiger partial charge on any atom is -0.465 e. The molecule has 2 N–H and O–H groups in total. The van der Waals surface area contributed by atoms with Gasteiger partial charge in [-0.05, 0) is 43.4 Å². The van der Waals surface area contributed by atoms with E-state index < -0.39 is 17.3 Å². The lowest BCUT2D eigenvalue weighted by Crippen LogP contribution is -2.54. The number of nitrogens with zero attached hydrogens (tertiary/aromatic N) is 7. The number of aromatic amines is 1. The third-order valence-corrected chi connectivity index (χ3v) is 9.05. The summed E-state index contributed by atoms with van der Waals surface area (Å²) >= 11 is 0.587. The maximum absolute atomic E-state index is 13.7. The van der Waals surface area contributed by atoms with Gasteiger partial charge in [-0.15, -0.1) is 0 Å². The number of carbonyl (C=O) groups excluding carboxylic acids is 1. The average Bonchev–Trinajstić information content (AvgIpc) is 3.70. The van der Waals surface area contributed by atoms with Gasteiger partial charge in [-0.3, -0.25) is 9.48 Å². The number of H-pyrrole nitrogens is 1. The molecule has 3 aromatic heterocycles. The quantitative estimate of drug-likeness (QED) is 0.345. The number of hydrogen-bond acceptors (Lipinski definition) is 7. The minimum absolute atomic E-state index is 0.0430. The van der Waals surface area contributed by atoms with Gasteiger partial charge in [0.05, 0.1) is 17.2 Å². The Morgan fingerprint density at radius 3 is 2.57 bits per heavy atom. The van der Waals surface area contributed by atoms with Crippen LogP contribution in [0.1, 0.15) is 36.3 Å². The number of thiazole rings is 1. The summed E-state index contributed by atoms with van der Waals surface area (Å²) in [6.45, 7) is 3.87. The second kappa shape index (κ2) is 10.9. The van der Waals surface area contributed by atoms with Crippen molar-refractivity contribution in [3.63, 3.8) is 0 Å². The van der Waals surface area contributed by atoms with Gasteiger partial charge in [0.1, 0.15) is 17.2 Å². The first-order valence-corrected chi connectivity index (χ1v) is 14.5. The molecule has 15 heteroatoms. The van der Waals surface area contributed by atoms with E-state index in [-0.39, 0.29) is 35.9 Å². The molecule has 6 rings (SSSR count). The number of fused-ring (bicyclic) bond motifs is 1. The number of likely N-dealkylation sites (tertiary alicyclic amines) is 1. The summed E-state index contributed by atoms with van der Waals surface area (Å²) in [5, 5.41) is 12.9. The molecule has 11 nitrogen and oxygen atoms in total. The van der Waals surface area contributed by atoms with E-state index in [1.54, 1.807) is 27.9 Å². The lowest BCUT2D eigenvalue weighted by atomic mass is 9.92. The SMILES string of the molecule is C[C@@H]1CN(c2sc(C(F)(F)F)nc2-c2nc3ccccc3[nH]2)CCN1C(=O)Cn1cc(C2CCN(C(=O)O)CC2)cn1. The summed E-state index contributed by atoms with van der Waals surface area (Å²) in [7, 11) is 0. The first-order valence-electron chi connectivity index (χ1n) is 13.6. The van der Waals surface area contributed by atoms with Gasteiger partial charge in [0.2, 0.25) is 10.9 Å². The summed E-state index contributed by atoms with van der Waals surface area (Å²) in [6, 6.07) is 6.95. The van der Waals surface area contributed by atoms with Gasteiger partial charge in [0.25, 0.3) is 0 Å². The van der Waals surface area contributed by atoms with Gasteiger partial charge in [-0.2, -0.15) is 18.3 Å². The number of carboxylic acid groups (broad SMARTS) is 1. The smallest absolute Gasteiger partial charge is 0.443 e. The lowest BCUT2D eigenvalue weighted by Gasteiger charge is -2.40. The monoisotopic (exact) mass is 602 g/mol. The highest BCUT2D eigenvalue weighted by Crippen LogP contribution is 2.42. The zero-order chi connectivity index (χ0) is 29.6. The third-order valence-electron chi connectivity index (χ3n) is 7.89. The van der Waals surface area contributed by atoms with E-state index in [1.807, 2.05) is 30.2 Å². The number of benzene rings is 1. The number of piperidine rings is 1. The van der Waals surface area contributed by atoms with Crippen LogP contribution in [0.3, 0.4) is 0 Å². The number of piperazine rings is 1. The number of carbonyl (C=O) groups is 2. The van der Waals surface area contributed by atoms with E-state index in [4.69, 9.17) is 5.11 Å². The van der Waals surface area contributed by atoms with Crippen molar-refractivity contribution in [2.75, 3.05) is 37.6 Å². The zero-order valence-corrected chi connectivity index (χ0v) is 23.5. The van der Waals surface area contributed by atoms with Crippen LogP contribution in [0.2, 0.25) is 0 Å². The molecule has 1 aromatic carbocycles. The van der Waals surface area contributed by atoms with Crippen molar-refractivity contribution in [3.05, 3.63) is 47.2 Å². The van der Waals surface area contributed by atoms with E-state index in [1.165, 1.54) is 4.90 Å². The second-order valence-electron chi connectivity index (χ2n) is 10.7. The van der Waals surface area contributed by atoms with Crippen LogP contribution in [0.25, 0.3) is 22.6 Å². The summed E-state index contributed by atoms with van der Waals surface area (Å²) in [4.78, 5) is 40.9. The number of halogens is 3. The van der Waals surface area contributed by atoms with Crippen LogP contribution in [0, 0.1) is 0 Å². The molecule has 5 heterocycles. The fraction of sp³-hybridized carbons (Fsp3) is 0.444. The molecule has 42 heavy (non-hydrogen) atoms. The number of alkyl halides is 3. The molecule has 0 saturated carbocycles. The first-order chi connectivity index (χ1) is 20.1. The Kier molecular flexibility index (Phi) is 7.29. The molecule has 2 aliphatic heterocycles. The highest BCUT2D eigenvalue weighted by atomic mass is 32.1. The molecule has 0 unspecified atom stereocenters. The molecular weight excluding hydrogens is 573 g/mol. The predicted molar refractivity (Wildman–Crippen MR) is 149 cm³/mol. The van der Waals surface area contributed by atoms with Crippen LogP contribution in [0.4, 0.5) is 23.0 Å². The molecule has 222 valence electrons. The van der Waals surface area contributed by atoms with Crippen LogP contribution in [0.5, 0.6) is 0 Å². The third kappa shape index (κ3) is 5.52. The van der Waals surface area contributed by atoms with E-state index in [2.05, 4.69) is 20.1 Å². The van der Waals surface area contributed by atoms with Gasteiger partial charge >= 0.3 is 12.3 Å². The number of amides is 2. The minimum atomic E-state index is -4.59. The molecule has 2 amide bonds. The Bertz CT molecular complexity index is 1570. The van der Waals surface area contributed by atoms with Crippen molar-refractivity contribution in [1.82, 2.24) is 34.5 Å². The summed E-state index contributed by atoms with van der Waals surface area (Å²) in [5.74, 6) is 0.330. The number of anilines is 1. The van der Waals surface area contributed by atoms with Crippen molar-refractivity contribution in [1.29, 1.82) is 0 Å². The maximum atomic E-state index is 13.7. The number of aromatic nitrogens is 5. The van der Waals surface area contributed by atoms with E-state index in [0.29, 0.717) is 72.9 Å². The number of nitrogens with one attached hydrogen (secondary N) is 1. The van der Waals surface area contributed by atoms with Crippen LogP contribution in [0.15, 0.2) is 36.7 Å². The van der Waals surface area contributed by atoms with Gasteiger partial charge in [0.15, 0.2) is 5.82 Å². The average molecular weight is 603 g/mol. The Morgan fingerprint density at radius 1 is 1.12 bits per heavy atom. The summed E-state index contributed by atoms with van der Waals surface area (Å²) < 4.78 is 42.7. The summed E-state index contributed by atoms with van der Waals surface area (Å²) in [6.07, 6.45) is -0.523. The fourth-order valence-corrected chi connectivity index (χ4v) is 6.66. The largest absolute Gasteiger partial charge is 0.465 e. The number of rotatable bonds is 5. The van der Waals surface area contributed by atoms with Gasteiger partial charge in [0, 0.05) is 45.0 Å². The van der Waals surface area contributed by atoms with E-state index >= 15 is 0 Å². The molecule has 2 fully saturated rings. The van der Waals surface area contributed by atoms with E-state index in [0.717, 1.165) is 5.56 Å². The van der Waals surface area contributed by atoms with Gasteiger partial charge < -0.3 is 24.8 Å². The Hall–Kier alpha value is -4.14. The maximum Gasteiger partial charge on any atom is 0.443 e. The van der Waals surface area contributed by atoms with Crippen molar-refractivity contribution in [2.24, 2.45) is 0 Å². The molecule has 0 aliphatic carbocycles. The highest BCUT2D eigenvalue weighted by Gasteiger charge is 2.39. The topological polar surface area (TPSA) is 123 Å². The summed E-state index contributed by atoms with van der Waals surface area (Å²) in [5.41, 5.74) is 2.47. The standard InChI is InChI=1S/C27H29F3N8O3S/c1-16-13-36(24-22(34-25(42-24)27(28,29)30)23-32-19-4-2-3-5-20(19)33-23)10-11-38(16)21(39)15-37-14-18(12-31-37)17-6-8-35(9-7-17)26(40)41/h2-5,12,14,16-17H,6-11,13,15H2,1H3,(H,32,33)(H,40,41)/t16-/m1/s1. The van der Waals surface area contributed by atoms with Crippen LogP contribution in [-0.2, 0) is 17.5 Å². The lowest BCUT2D eigenvalue weighted by molar-refractivity contribution is -0.137. The Labute approximate surface area is 242 Å². The molecule has 0 spiro atoms. The molecule has 4 aromatic rings. The van der Waals surface area contributed by atoms with Crippen molar-refractivity contribution in [2.45, 2.75) is 44.4 Å².